The summed E-state index contributed by atoms with van der Waals surface area (Å²) in [5, 5.41) is 0. The second kappa shape index (κ2) is 10.7. The molecule has 1 heterocycles. The Kier molecular flexibility index (Phi) is 7.97. The van der Waals surface area contributed by atoms with Crippen molar-refractivity contribution in [1.82, 2.24) is 4.90 Å². The van der Waals surface area contributed by atoms with Gasteiger partial charge in [-0.3, -0.25) is 4.90 Å². The van der Waals surface area contributed by atoms with E-state index in [1.54, 1.807) is 27.9 Å². The first-order valence-electron chi connectivity index (χ1n) is 11.2. The number of nitrogens with zero attached hydrogens (tertiary/aromatic N) is 1. The summed E-state index contributed by atoms with van der Waals surface area (Å²) in [6.07, 6.45) is 0.568. The van der Waals surface area contributed by atoms with Gasteiger partial charge in [-0.2, -0.15) is 0 Å². The van der Waals surface area contributed by atoms with Crippen LogP contribution in [0.3, 0.4) is 0 Å². The fourth-order valence-corrected chi connectivity index (χ4v) is 3.80. The summed E-state index contributed by atoms with van der Waals surface area (Å²) in [7, 11) is 1.60. The molecule has 2 aromatic carbocycles. The van der Waals surface area contributed by atoms with Crippen LogP contribution in [0.15, 0.2) is 54.6 Å². The van der Waals surface area contributed by atoms with Crippen molar-refractivity contribution in [3.05, 3.63) is 65.7 Å². The van der Waals surface area contributed by atoms with Gasteiger partial charge in [-0.05, 0) is 56.9 Å². The van der Waals surface area contributed by atoms with E-state index < -0.39 is 23.2 Å². The molecule has 1 fully saturated rings. The van der Waals surface area contributed by atoms with Crippen molar-refractivity contribution in [2.45, 2.75) is 58.0 Å². The maximum atomic E-state index is 13.4. The summed E-state index contributed by atoms with van der Waals surface area (Å²) < 4.78 is 22.4. The van der Waals surface area contributed by atoms with Crippen molar-refractivity contribution < 1.29 is 28.5 Å². The molecule has 33 heavy (non-hydrogen) atoms. The summed E-state index contributed by atoms with van der Waals surface area (Å²) in [5.41, 5.74) is -0.0974. The van der Waals surface area contributed by atoms with Gasteiger partial charge >= 0.3 is 12.1 Å². The molecule has 2 aromatic rings. The van der Waals surface area contributed by atoms with E-state index in [1.165, 1.54) is 4.90 Å². The molecule has 0 unspecified atom stereocenters. The molecule has 1 aliphatic rings. The second-order valence-corrected chi connectivity index (χ2v) is 9.17. The minimum atomic E-state index is -1.23. The minimum absolute atomic E-state index is 0.0303. The largest absolute Gasteiger partial charge is 0.497 e. The maximum Gasteiger partial charge on any atom is 0.411 e. The van der Waals surface area contributed by atoms with Gasteiger partial charge in [-0.15, -0.1) is 0 Å². The number of hydrogen-bond acceptors (Lipinski definition) is 6. The monoisotopic (exact) mass is 455 g/mol. The number of rotatable bonds is 8. The Morgan fingerprint density at radius 3 is 2.27 bits per heavy atom. The van der Waals surface area contributed by atoms with Crippen molar-refractivity contribution in [2.24, 2.45) is 0 Å². The summed E-state index contributed by atoms with van der Waals surface area (Å²) in [4.78, 5) is 27.9. The minimum Gasteiger partial charge on any atom is -0.497 e. The maximum absolute atomic E-state index is 13.4. The fourth-order valence-electron chi connectivity index (χ4n) is 3.80. The number of methoxy groups -OCH3 is 1. The van der Waals surface area contributed by atoms with Crippen molar-refractivity contribution in [2.75, 3.05) is 20.3 Å². The molecule has 1 aliphatic heterocycles. The highest BCUT2D eigenvalue weighted by molar-refractivity contribution is 5.87. The lowest BCUT2D eigenvalue weighted by Crippen LogP contribution is -2.57. The van der Waals surface area contributed by atoms with Crippen LogP contribution in [0.5, 0.6) is 5.75 Å². The van der Waals surface area contributed by atoms with Crippen LogP contribution in [0.4, 0.5) is 4.79 Å². The molecule has 0 saturated carbocycles. The number of likely N-dealkylation sites (tertiary alicyclic amines) is 1. The van der Waals surface area contributed by atoms with Crippen LogP contribution in [0.25, 0.3) is 0 Å². The highest BCUT2D eigenvalue weighted by Crippen LogP contribution is 2.33. The van der Waals surface area contributed by atoms with Gasteiger partial charge in [0.2, 0.25) is 0 Å². The molecule has 0 aromatic heterocycles. The summed E-state index contributed by atoms with van der Waals surface area (Å²) in [6.45, 7) is 6.26. The van der Waals surface area contributed by atoms with Gasteiger partial charge in [-0.1, -0.05) is 42.5 Å². The number of benzene rings is 2. The van der Waals surface area contributed by atoms with E-state index in [2.05, 4.69) is 0 Å². The fraction of sp³-hybridized carbons (Fsp3) is 0.462. The van der Waals surface area contributed by atoms with Gasteiger partial charge in [0.25, 0.3) is 0 Å². The lowest BCUT2D eigenvalue weighted by molar-refractivity contribution is -0.162. The number of ether oxygens (including phenoxy) is 4. The molecule has 7 nitrogen and oxygen atoms in total. The average molecular weight is 456 g/mol. The van der Waals surface area contributed by atoms with Crippen molar-refractivity contribution >= 4 is 12.1 Å². The Balaban J connectivity index is 1.75. The van der Waals surface area contributed by atoms with Crippen LogP contribution in [0.2, 0.25) is 0 Å². The Morgan fingerprint density at radius 2 is 1.64 bits per heavy atom. The van der Waals surface area contributed by atoms with E-state index in [1.807, 2.05) is 54.6 Å². The molecule has 1 saturated heterocycles. The Hall–Kier alpha value is -3.06. The van der Waals surface area contributed by atoms with E-state index in [0.717, 1.165) is 16.9 Å². The van der Waals surface area contributed by atoms with Crippen LogP contribution in [0, 0.1) is 0 Å². The molecular weight excluding hydrogens is 422 g/mol. The third-order valence-corrected chi connectivity index (χ3v) is 5.46. The van der Waals surface area contributed by atoms with Gasteiger partial charge in [0.1, 0.15) is 18.0 Å². The molecule has 1 amide bonds. The topological polar surface area (TPSA) is 74.3 Å². The molecule has 0 radical (unpaired) electrons. The first-order valence-corrected chi connectivity index (χ1v) is 11.2. The predicted molar refractivity (Wildman–Crippen MR) is 124 cm³/mol. The molecule has 178 valence electrons. The zero-order valence-electron chi connectivity index (χ0n) is 19.8. The van der Waals surface area contributed by atoms with Gasteiger partial charge in [0.05, 0.1) is 20.3 Å². The second-order valence-electron chi connectivity index (χ2n) is 9.17. The number of amides is 1. The first-order chi connectivity index (χ1) is 15.7. The van der Waals surface area contributed by atoms with Crippen LogP contribution in [0.1, 0.15) is 44.7 Å². The van der Waals surface area contributed by atoms with Crippen LogP contribution in [-0.2, 0) is 32.2 Å². The van der Waals surface area contributed by atoms with Gasteiger partial charge in [0.15, 0.2) is 5.54 Å². The van der Waals surface area contributed by atoms with Crippen molar-refractivity contribution in [3.8, 4) is 5.75 Å². The SMILES string of the molecule is COc1ccc(COC(=O)[C@@]2(COCc3ccccc3)CCCN2C(=O)OC(C)(C)C)cc1. The summed E-state index contributed by atoms with van der Waals surface area (Å²) in [6, 6.07) is 17.0. The molecule has 7 heteroatoms. The van der Waals surface area contributed by atoms with E-state index >= 15 is 0 Å². The van der Waals surface area contributed by atoms with Gasteiger partial charge in [-0.25, -0.2) is 9.59 Å². The zero-order chi connectivity index (χ0) is 23.9. The molecule has 1 atom stereocenters. The number of esters is 1. The average Bonchev–Trinajstić information content (AvgIpc) is 3.23. The van der Waals surface area contributed by atoms with Gasteiger partial charge in [0, 0.05) is 6.54 Å². The standard InChI is InChI=1S/C26H33NO6/c1-25(2,3)33-24(29)27-16-8-15-26(27,19-31-17-20-9-6-5-7-10-20)23(28)32-18-21-11-13-22(30-4)14-12-21/h5-7,9-14H,8,15-19H2,1-4H3/t26-/m0/s1. The van der Waals surface area contributed by atoms with Crippen LogP contribution in [-0.4, -0.2) is 48.4 Å². The van der Waals surface area contributed by atoms with Gasteiger partial charge < -0.3 is 18.9 Å². The molecule has 0 aliphatic carbocycles. The van der Waals surface area contributed by atoms with E-state index in [-0.39, 0.29) is 13.2 Å². The number of carbonyl (C=O) groups excluding carboxylic acids is 2. The lowest BCUT2D eigenvalue weighted by atomic mass is 9.97. The number of carbonyl (C=O) groups is 2. The third kappa shape index (κ3) is 6.48. The van der Waals surface area contributed by atoms with Crippen LogP contribution < -0.4 is 4.74 Å². The van der Waals surface area contributed by atoms with Crippen molar-refractivity contribution in [1.29, 1.82) is 0 Å². The molecule has 0 bridgehead atoms. The first kappa shape index (κ1) is 24.6. The molecule has 0 spiro atoms. The highest BCUT2D eigenvalue weighted by atomic mass is 16.6. The quantitative estimate of drug-likeness (QED) is 0.536. The van der Waals surface area contributed by atoms with E-state index in [4.69, 9.17) is 18.9 Å². The highest BCUT2D eigenvalue weighted by Gasteiger charge is 2.52. The Labute approximate surface area is 195 Å². The lowest BCUT2D eigenvalue weighted by Gasteiger charge is -2.36. The Morgan fingerprint density at radius 1 is 0.970 bits per heavy atom. The molecule has 3 rings (SSSR count). The smallest absolute Gasteiger partial charge is 0.411 e. The molecule has 0 N–H and O–H groups in total. The van der Waals surface area contributed by atoms with Crippen LogP contribution >= 0.6 is 0 Å². The molecular formula is C26H33NO6. The third-order valence-electron chi connectivity index (χ3n) is 5.46. The normalized spacial score (nSPS) is 18.1. The van der Waals surface area contributed by atoms with E-state index in [0.29, 0.717) is 26.0 Å². The Bertz CT molecular complexity index is 922. The number of hydrogen-bond donors (Lipinski definition) is 0. The van der Waals surface area contributed by atoms with E-state index in [9.17, 15) is 9.59 Å². The zero-order valence-corrected chi connectivity index (χ0v) is 19.8. The van der Waals surface area contributed by atoms with Crippen molar-refractivity contribution in [3.63, 3.8) is 0 Å². The predicted octanol–water partition coefficient (Wildman–Crippen LogP) is 4.72. The summed E-state index contributed by atoms with van der Waals surface area (Å²) in [5.74, 6) is 0.234. The summed E-state index contributed by atoms with van der Waals surface area (Å²) >= 11 is 0.